The molecule has 18 heavy (non-hydrogen) atoms. The molecule has 6 nitrogen and oxygen atoms in total. The molecule has 1 rings (SSSR count). The summed E-state index contributed by atoms with van der Waals surface area (Å²) in [6, 6.07) is -0.0846. The highest BCUT2D eigenvalue weighted by molar-refractivity contribution is 7.89. The molecule has 1 saturated carbocycles. The number of carboxylic acid groups (broad SMARTS) is 1. The fourth-order valence-electron chi connectivity index (χ4n) is 2.35. The van der Waals surface area contributed by atoms with Gasteiger partial charge in [-0.3, -0.25) is 4.79 Å². The number of nitrogens with one attached hydrogen (secondary N) is 1. The van der Waals surface area contributed by atoms with Crippen LogP contribution in [0.5, 0.6) is 0 Å². The molecular weight excluding hydrogens is 256 g/mol. The fraction of sp³-hybridized carbons (Fsp3) is 0.909. The van der Waals surface area contributed by atoms with E-state index in [-0.39, 0.29) is 30.6 Å². The van der Waals surface area contributed by atoms with E-state index in [0.29, 0.717) is 6.54 Å². The number of hydrogen-bond donors (Lipinski definition) is 3. The van der Waals surface area contributed by atoms with Gasteiger partial charge in [0.15, 0.2) is 0 Å². The van der Waals surface area contributed by atoms with E-state index in [1.807, 2.05) is 0 Å². The van der Waals surface area contributed by atoms with Gasteiger partial charge < -0.3 is 10.8 Å². The van der Waals surface area contributed by atoms with E-state index in [1.165, 1.54) is 0 Å². The molecular formula is C11H22N2O4S. The minimum atomic E-state index is -3.39. The maximum atomic E-state index is 11.8. The lowest BCUT2D eigenvalue weighted by molar-refractivity contribution is -0.137. The van der Waals surface area contributed by atoms with Crippen molar-refractivity contribution in [2.45, 2.75) is 44.6 Å². The molecule has 0 spiro atoms. The topological polar surface area (TPSA) is 109 Å². The average Bonchev–Trinajstić information content (AvgIpc) is 2.28. The molecule has 2 atom stereocenters. The van der Waals surface area contributed by atoms with Gasteiger partial charge in [0.2, 0.25) is 10.0 Å². The third kappa shape index (κ3) is 5.32. The van der Waals surface area contributed by atoms with Crippen molar-refractivity contribution in [2.24, 2.45) is 11.7 Å². The van der Waals surface area contributed by atoms with Crippen LogP contribution >= 0.6 is 0 Å². The maximum absolute atomic E-state index is 11.8. The monoisotopic (exact) mass is 278 g/mol. The zero-order valence-electron chi connectivity index (χ0n) is 10.5. The predicted octanol–water partition coefficient (Wildman–Crippen LogP) is 0.288. The van der Waals surface area contributed by atoms with Crippen LogP contribution < -0.4 is 10.5 Å². The lowest BCUT2D eigenvalue weighted by Crippen LogP contribution is -2.45. The van der Waals surface area contributed by atoms with Crippen molar-refractivity contribution in [1.29, 1.82) is 0 Å². The molecule has 0 radical (unpaired) electrons. The molecule has 1 fully saturated rings. The highest BCUT2D eigenvalue weighted by Crippen LogP contribution is 2.24. The molecule has 7 heteroatoms. The summed E-state index contributed by atoms with van der Waals surface area (Å²) in [4.78, 5) is 10.3. The smallest absolute Gasteiger partial charge is 0.303 e. The Kier molecular flexibility index (Phi) is 6.04. The summed E-state index contributed by atoms with van der Waals surface area (Å²) in [5.41, 5.74) is 5.64. The summed E-state index contributed by atoms with van der Waals surface area (Å²) in [6.45, 7) is 0.488. The molecule has 1 aliphatic rings. The van der Waals surface area contributed by atoms with Crippen LogP contribution in [-0.2, 0) is 14.8 Å². The highest BCUT2D eigenvalue weighted by Gasteiger charge is 2.27. The van der Waals surface area contributed by atoms with Crippen LogP contribution in [0.2, 0.25) is 0 Å². The summed E-state index contributed by atoms with van der Waals surface area (Å²) < 4.78 is 26.3. The van der Waals surface area contributed by atoms with Crippen molar-refractivity contribution in [3.63, 3.8) is 0 Å². The standard InChI is InChI=1S/C11H22N2O4S/c12-8-9-4-1-2-5-10(9)13-18(16,17)7-3-6-11(14)15/h9-10,13H,1-8,12H2,(H,14,15). The molecule has 0 aliphatic heterocycles. The first-order chi connectivity index (χ1) is 8.44. The van der Waals surface area contributed by atoms with Gasteiger partial charge in [-0.1, -0.05) is 12.8 Å². The van der Waals surface area contributed by atoms with Gasteiger partial charge in [0.05, 0.1) is 5.75 Å². The van der Waals surface area contributed by atoms with E-state index in [4.69, 9.17) is 10.8 Å². The van der Waals surface area contributed by atoms with Gasteiger partial charge in [0, 0.05) is 12.5 Å². The summed E-state index contributed by atoms with van der Waals surface area (Å²) >= 11 is 0. The zero-order valence-corrected chi connectivity index (χ0v) is 11.3. The van der Waals surface area contributed by atoms with E-state index >= 15 is 0 Å². The molecule has 0 aromatic carbocycles. The second kappa shape index (κ2) is 7.06. The Morgan fingerprint density at radius 1 is 1.33 bits per heavy atom. The first kappa shape index (κ1) is 15.4. The number of carbonyl (C=O) groups is 1. The zero-order chi connectivity index (χ0) is 13.6. The van der Waals surface area contributed by atoms with Crippen LogP contribution in [0, 0.1) is 5.92 Å². The van der Waals surface area contributed by atoms with Crippen LogP contribution in [0.3, 0.4) is 0 Å². The molecule has 2 unspecified atom stereocenters. The number of aliphatic carboxylic acids is 1. The molecule has 0 aromatic rings. The fourth-order valence-corrected chi connectivity index (χ4v) is 3.76. The van der Waals surface area contributed by atoms with Gasteiger partial charge in [-0.25, -0.2) is 13.1 Å². The van der Waals surface area contributed by atoms with E-state index < -0.39 is 16.0 Å². The average molecular weight is 278 g/mol. The van der Waals surface area contributed by atoms with Crippen molar-refractivity contribution in [2.75, 3.05) is 12.3 Å². The SMILES string of the molecule is NCC1CCCCC1NS(=O)(=O)CCCC(=O)O. The lowest BCUT2D eigenvalue weighted by atomic mass is 9.85. The molecule has 106 valence electrons. The maximum Gasteiger partial charge on any atom is 0.303 e. The van der Waals surface area contributed by atoms with Crippen LogP contribution in [0.1, 0.15) is 38.5 Å². The van der Waals surface area contributed by atoms with Crippen molar-refractivity contribution in [1.82, 2.24) is 4.72 Å². The predicted molar refractivity (Wildman–Crippen MR) is 68.6 cm³/mol. The third-order valence-corrected chi connectivity index (χ3v) is 4.83. The molecule has 0 aromatic heterocycles. The van der Waals surface area contributed by atoms with Crippen LogP contribution in [0.15, 0.2) is 0 Å². The van der Waals surface area contributed by atoms with Crippen LogP contribution in [0.25, 0.3) is 0 Å². The van der Waals surface area contributed by atoms with Gasteiger partial charge >= 0.3 is 5.97 Å². The number of hydrogen-bond acceptors (Lipinski definition) is 4. The Bertz CT molecular complexity index is 369. The number of sulfonamides is 1. The second-order valence-corrected chi connectivity index (χ2v) is 6.69. The van der Waals surface area contributed by atoms with Crippen molar-refractivity contribution in [3.8, 4) is 0 Å². The van der Waals surface area contributed by atoms with Gasteiger partial charge in [-0.2, -0.15) is 0 Å². The van der Waals surface area contributed by atoms with E-state index in [9.17, 15) is 13.2 Å². The van der Waals surface area contributed by atoms with Crippen LogP contribution in [-0.4, -0.2) is 37.8 Å². The highest BCUT2D eigenvalue weighted by atomic mass is 32.2. The Morgan fingerprint density at radius 2 is 2.00 bits per heavy atom. The van der Waals surface area contributed by atoms with E-state index in [2.05, 4.69) is 4.72 Å². The summed E-state index contributed by atoms with van der Waals surface area (Å²) in [5.74, 6) is -0.900. The van der Waals surface area contributed by atoms with Crippen molar-refractivity contribution in [3.05, 3.63) is 0 Å². The van der Waals surface area contributed by atoms with Crippen molar-refractivity contribution >= 4 is 16.0 Å². The molecule has 0 bridgehead atoms. The largest absolute Gasteiger partial charge is 0.481 e. The molecule has 1 aliphatic carbocycles. The molecule has 0 amide bonds. The lowest BCUT2D eigenvalue weighted by Gasteiger charge is -2.31. The third-order valence-electron chi connectivity index (χ3n) is 3.35. The normalized spacial score (nSPS) is 24.9. The van der Waals surface area contributed by atoms with Gasteiger partial charge in [-0.05, 0) is 31.7 Å². The number of nitrogens with two attached hydrogens (primary N) is 1. The Hall–Kier alpha value is -0.660. The number of rotatable bonds is 7. The first-order valence-corrected chi connectivity index (χ1v) is 8.01. The quantitative estimate of drug-likeness (QED) is 0.620. The van der Waals surface area contributed by atoms with E-state index in [1.54, 1.807) is 0 Å². The first-order valence-electron chi connectivity index (χ1n) is 6.36. The van der Waals surface area contributed by atoms with Gasteiger partial charge in [0.25, 0.3) is 0 Å². The summed E-state index contributed by atoms with van der Waals surface area (Å²) in [5, 5.41) is 8.48. The van der Waals surface area contributed by atoms with Gasteiger partial charge in [-0.15, -0.1) is 0 Å². The summed E-state index contributed by atoms with van der Waals surface area (Å²) in [7, 11) is -3.39. The molecule has 0 heterocycles. The Balaban J connectivity index is 2.45. The van der Waals surface area contributed by atoms with Gasteiger partial charge in [0.1, 0.15) is 0 Å². The van der Waals surface area contributed by atoms with Crippen LogP contribution in [0.4, 0.5) is 0 Å². The number of carboxylic acids is 1. The van der Waals surface area contributed by atoms with Crippen molar-refractivity contribution < 1.29 is 18.3 Å². The Labute approximate surface area is 108 Å². The molecule has 4 N–H and O–H groups in total. The summed E-state index contributed by atoms with van der Waals surface area (Å²) in [6.07, 6.45) is 3.91. The Morgan fingerprint density at radius 3 is 2.61 bits per heavy atom. The molecule has 0 saturated heterocycles. The minimum absolute atomic E-state index is 0.0846. The second-order valence-electron chi connectivity index (χ2n) is 4.82. The minimum Gasteiger partial charge on any atom is -0.481 e. The van der Waals surface area contributed by atoms with E-state index in [0.717, 1.165) is 25.7 Å².